The maximum Gasteiger partial charge on any atom is 0.313 e. The molecule has 4 rings (SSSR count). The van der Waals surface area contributed by atoms with Gasteiger partial charge in [-0.15, -0.1) is 28.2 Å². The summed E-state index contributed by atoms with van der Waals surface area (Å²) >= 11 is 4.11. The van der Waals surface area contributed by atoms with E-state index in [2.05, 4.69) is 20.8 Å². The Balaban J connectivity index is 1.37. The monoisotopic (exact) mass is 483 g/mol. The number of tetrazole rings is 1. The van der Waals surface area contributed by atoms with Crippen LogP contribution in [0.1, 0.15) is 4.88 Å². The minimum atomic E-state index is -1.13. The lowest BCUT2D eigenvalue weighted by atomic mass is 9.89. The van der Waals surface area contributed by atoms with Gasteiger partial charge in [0.2, 0.25) is 17.0 Å². The molecule has 2 aromatic rings. The van der Waals surface area contributed by atoms with Crippen LogP contribution in [0, 0.1) is 5.41 Å². The molecule has 0 bridgehead atoms. The highest BCUT2D eigenvalue weighted by Gasteiger charge is 2.57. The molecule has 166 valence electrons. The maximum absolute atomic E-state index is 12.7. The topological polar surface area (TPSA) is 156 Å². The van der Waals surface area contributed by atoms with Crippen molar-refractivity contribution in [1.29, 1.82) is 0 Å². The molecular formula is C17H21N7O4S3. The number of aliphatic carboxylic acids is 1. The van der Waals surface area contributed by atoms with E-state index in [0.29, 0.717) is 24.0 Å². The zero-order valence-electron chi connectivity index (χ0n) is 16.3. The van der Waals surface area contributed by atoms with Gasteiger partial charge < -0.3 is 21.1 Å². The molecule has 0 aromatic carbocycles. The summed E-state index contributed by atoms with van der Waals surface area (Å²) in [6.45, 7) is 0.882. The number of rotatable bonds is 9. The van der Waals surface area contributed by atoms with Crippen molar-refractivity contribution < 1.29 is 19.5 Å². The van der Waals surface area contributed by atoms with Crippen LogP contribution >= 0.6 is 34.9 Å². The molecule has 2 fully saturated rings. The van der Waals surface area contributed by atoms with Crippen molar-refractivity contribution in [2.75, 3.05) is 24.6 Å². The fraction of sp³-hybridized carbons (Fsp3) is 0.529. The Morgan fingerprint density at radius 1 is 1.45 bits per heavy atom. The van der Waals surface area contributed by atoms with Gasteiger partial charge in [0.15, 0.2) is 0 Å². The van der Waals surface area contributed by atoms with Crippen molar-refractivity contribution in [3.63, 3.8) is 0 Å². The summed E-state index contributed by atoms with van der Waals surface area (Å²) < 4.78 is 1.53. The molecule has 2 aliphatic heterocycles. The minimum absolute atomic E-state index is 0.0849. The van der Waals surface area contributed by atoms with E-state index >= 15 is 0 Å². The van der Waals surface area contributed by atoms with Crippen molar-refractivity contribution in [3.05, 3.63) is 22.4 Å². The number of hydrogen-bond donors (Lipinski definition) is 3. The number of nitrogens with zero attached hydrogens (tertiary/aromatic N) is 5. The first kappa shape index (κ1) is 22.0. The lowest BCUT2D eigenvalue weighted by Crippen LogP contribution is -2.74. The molecule has 2 saturated heterocycles. The molecule has 11 nitrogen and oxygen atoms in total. The molecular weight excluding hydrogens is 462 g/mol. The van der Waals surface area contributed by atoms with Gasteiger partial charge in [0.05, 0.1) is 13.0 Å². The first-order valence-electron chi connectivity index (χ1n) is 9.50. The first-order chi connectivity index (χ1) is 14.9. The molecule has 0 aliphatic carbocycles. The second kappa shape index (κ2) is 9.14. The Bertz CT molecular complexity index is 969. The highest BCUT2D eigenvalue weighted by atomic mass is 32.2. The van der Waals surface area contributed by atoms with Crippen molar-refractivity contribution in [3.8, 4) is 0 Å². The predicted molar refractivity (Wildman–Crippen MR) is 116 cm³/mol. The zero-order chi connectivity index (χ0) is 22.0. The molecule has 0 radical (unpaired) electrons. The summed E-state index contributed by atoms with van der Waals surface area (Å²) in [6, 6.07) is 3.13. The molecule has 2 unspecified atom stereocenters. The number of thiophene rings is 1. The number of carboxylic acid groups (broad SMARTS) is 1. The van der Waals surface area contributed by atoms with E-state index in [0.717, 1.165) is 4.88 Å². The van der Waals surface area contributed by atoms with Gasteiger partial charge in [-0.1, -0.05) is 17.8 Å². The number of β-lactam (4-membered cyclic amide) rings is 1. The average molecular weight is 484 g/mol. The van der Waals surface area contributed by atoms with E-state index in [1.54, 1.807) is 4.90 Å². The molecule has 3 atom stereocenters. The number of carbonyl (C=O) groups excluding carboxylic acids is 2. The van der Waals surface area contributed by atoms with Gasteiger partial charge in [0, 0.05) is 29.5 Å². The summed E-state index contributed by atoms with van der Waals surface area (Å²) in [4.78, 5) is 39.6. The smallest absolute Gasteiger partial charge is 0.313 e. The normalized spacial score (nSPS) is 25.1. The maximum atomic E-state index is 12.7. The number of aromatic nitrogens is 4. The quantitative estimate of drug-likeness (QED) is 0.314. The van der Waals surface area contributed by atoms with Crippen LogP contribution in [-0.4, -0.2) is 84.0 Å². The number of nitrogens with one attached hydrogen (secondary N) is 1. The molecule has 2 aromatic heterocycles. The van der Waals surface area contributed by atoms with Gasteiger partial charge in [-0.25, -0.2) is 4.68 Å². The molecule has 2 aliphatic rings. The summed E-state index contributed by atoms with van der Waals surface area (Å²) in [5.74, 6) is -0.897. The van der Waals surface area contributed by atoms with Crippen LogP contribution in [-0.2, 0) is 27.3 Å². The Kier molecular flexibility index (Phi) is 6.50. The van der Waals surface area contributed by atoms with Crippen molar-refractivity contribution in [2.45, 2.75) is 29.5 Å². The molecule has 4 N–H and O–H groups in total. The Morgan fingerprint density at radius 2 is 2.29 bits per heavy atom. The standard InChI is InChI=1S/C17H21N7O4S3/c18-3-4-24-16(20-21-22-24)31-9-17(15(27)28)7-23-13(26)12(14(23)30-8-17)19-11(25)6-10-2-1-5-29-10/h1-2,5,12,14H,3-4,6-9,18H2,(H,19,25)(H,27,28)/t12?,14-,17?/m1/s1. The van der Waals surface area contributed by atoms with Gasteiger partial charge in [-0.2, -0.15) is 0 Å². The van der Waals surface area contributed by atoms with E-state index in [4.69, 9.17) is 5.73 Å². The highest BCUT2D eigenvalue weighted by molar-refractivity contribution is 8.00. The fourth-order valence-electron chi connectivity index (χ4n) is 3.47. The van der Waals surface area contributed by atoms with Gasteiger partial charge in [-0.05, 0) is 21.9 Å². The SMILES string of the molecule is NCCn1nnnc1SCC1(C(=O)O)CS[C@@H]2C(NC(=O)Cc3cccs3)C(=O)N2C1. The summed E-state index contributed by atoms with van der Waals surface area (Å²) in [5, 5.41) is 26.3. The molecule has 4 heterocycles. The fourth-order valence-corrected chi connectivity index (χ4v) is 6.93. The van der Waals surface area contributed by atoms with Gasteiger partial charge in [0.1, 0.15) is 16.8 Å². The van der Waals surface area contributed by atoms with Crippen LogP contribution in [0.2, 0.25) is 0 Å². The second-order valence-corrected chi connectivity index (χ2v) is 10.4. The van der Waals surface area contributed by atoms with E-state index in [1.165, 1.54) is 39.5 Å². The van der Waals surface area contributed by atoms with E-state index in [9.17, 15) is 19.5 Å². The largest absolute Gasteiger partial charge is 0.481 e. The minimum Gasteiger partial charge on any atom is -0.481 e. The molecule has 2 amide bonds. The molecule has 31 heavy (non-hydrogen) atoms. The van der Waals surface area contributed by atoms with E-state index < -0.39 is 17.4 Å². The van der Waals surface area contributed by atoms with Crippen molar-refractivity contribution in [1.82, 2.24) is 30.4 Å². The number of carboxylic acids is 1. The van der Waals surface area contributed by atoms with Crippen LogP contribution in [0.15, 0.2) is 22.7 Å². The summed E-state index contributed by atoms with van der Waals surface area (Å²) in [5.41, 5.74) is 4.41. The molecule has 0 spiro atoms. The Hall–Kier alpha value is -2.16. The van der Waals surface area contributed by atoms with Crippen LogP contribution in [0.5, 0.6) is 0 Å². The van der Waals surface area contributed by atoms with Gasteiger partial charge >= 0.3 is 5.97 Å². The van der Waals surface area contributed by atoms with Gasteiger partial charge in [-0.3, -0.25) is 14.4 Å². The number of amides is 2. The second-order valence-electron chi connectivity index (χ2n) is 7.32. The summed E-state index contributed by atoms with van der Waals surface area (Å²) in [7, 11) is 0. The third-order valence-corrected chi connectivity index (χ3v) is 8.86. The summed E-state index contributed by atoms with van der Waals surface area (Å²) in [6.07, 6.45) is 0.228. The van der Waals surface area contributed by atoms with Crippen LogP contribution in [0.3, 0.4) is 0 Å². The third-order valence-electron chi connectivity index (χ3n) is 5.15. The first-order valence-corrected chi connectivity index (χ1v) is 12.4. The van der Waals surface area contributed by atoms with Crippen molar-refractivity contribution in [2.24, 2.45) is 11.1 Å². The number of thioether (sulfide) groups is 2. The van der Waals surface area contributed by atoms with Crippen LogP contribution < -0.4 is 11.1 Å². The predicted octanol–water partition coefficient (Wildman–Crippen LogP) is -0.501. The van der Waals surface area contributed by atoms with Crippen molar-refractivity contribution >= 4 is 52.6 Å². The number of carbonyl (C=O) groups is 3. The Morgan fingerprint density at radius 3 is 3.00 bits per heavy atom. The highest BCUT2D eigenvalue weighted by Crippen LogP contribution is 2.44. The number of hydrogen-bond acceptors (Lipinski definition) is 10. The van der Waals surface area contributed by atoms with E-state index in [-0.39, 0.29) is 35.9 Å². The van der Waals surface area contributed by atoms with Crippen LogP contribution in [0.25, 0.3) is 0 Å². The van der Waals surface area contributed by atoms with Gasteiger partial charge in [0.25, 0.3) is 0 Å². The lowest BCUT2D eigenvalue weighted by molar-refractivity contribution is -0.157. The molecule has 0 saturated carbocycles. The number of nitrogens with two attached hydrogens (primary N) is 1. The van der Waals surface area contributed by atoms with Crippen LogP contribution in [0.4, 0.5) is 0 Å². The average Bonchev–Trinajstić information content (AvgIpc) is 3.42. The number of fused-ring (bicyclic) bond motifs is 1. The lowest BCUT2D eigenvalue weighted by Gasteiger charge is -2.53. The molecule has 14 heteroatoms. The van der Waals surface area contributed by atoms with E-state index in [1.807, 2.05) is 17.5 Å². The Labute approximate surface area is 190 Å². The third kappa shape index (κ3) is 4.42. The zero-order valence-corrected chi connectivity index (χ0v) is 18.8.